The van der Waals surface area contributed by atoms with Crippen LogP contribution in [0.1, 0.15) is 12.0 Å². The van der Waals surface area contributed by atoms with Crippen molar-refractivity contribution in [1.29, 1.82) is 5.26 Å². The Labute approximate surface area is 160 Å². The first-order valence-electron chi connectivity index (χ1n) is 9.21. The highest BCUT2D eigenvalue weighted by Crippen LogP contribution is 2.19. The number of rotatable bonds is 6. The molecule has 0 bridgehead atoms. The van der Waals surface area contributed by atoms with Crippen molar-refractivity contribution in [3.8, 4) is 6.07 Å². The summed E-state index contributed by atoms with van der Waals surface area (Å²) in [5, 5.41) is 14.9. The van der Waals surface area contributed by atoms with Crippen molar-refractivity contribution in [2.24, 2.45) is 0 Å². The Morgan fingerprint density at radius 1 is 1.00 bits per heavy atom. The summed E-state index contributed by atoms with van der Waals surface area (Å²) in [4.78, 5) is 16.8. The number of nitrogens with zero attached hydrogens (tertiary/aromatic N) is 3. The predicted molar refractivity (Wildman–Crippen MR) is 109 cm³/mol. The van der Waals surface area contributed by atoms with Gasteiger partial charge in [0, 0.05) is 56.2 Å². The fourth-order valence-corrected chi connectivity index (χ4v) is 3.03. The molecule has 2 N–H and O–H groups in total. The summed E-state index contributed by atoms with van der Waals surface area (Å²) < 4.78 is 0. The maximum absolute atomic E-state index is 12.0. The van der Waals surface area contributed by atoms with Crippen LogP contribution in [0.25, 0.3) is 0 Å². The average Bonchev–Trinajstić information content (AvgIpc) is 2.70. The molecule has 6 nitrogen and oxygen atoms in total. The Balaban J connectivity index is 1.42. The van der Waals surface area contributed by atoms with Gasteiger partial charge in [0.25, 0.3) is 0 Å². The first-order valence-corrected chi connectivity index (χ1v) is 9.21. The maximum atomic E-state index is 12.0. The number of benzene rings is 2. The van der Waals surface area contributed by atoms with Crippen molar-refractivity contribution < 1.29 is 4.79 Å². The highest BCUT2D eigenvalue weighted by molar-refractivity contribution is 5.91. The van der Waals surface area contributed by atoms with Gasteiger partial charge in [0.15, 0.2) is 0 Å². The van der Waals surface area contributed by atoms with Crippen LogP contribution in [0.2, 0.25) is 0 Å². The standard InChI is InChI=1S/C21H25N5O/c1-25-12-14-26(15-13-25)20-8-6-18(7-9-20)23-11-10-21(27)24-19-4-2-17(16-22)3-5-19/h2-9,23H,10-15H2,1H3,(H,24,27). The number of amides is 1. The molecule has 0 spiro atoms. The summed E-state index contributed by atoms with van der Waals surface area (Å²) in [5.74, 6) is -0.0544. The van der Waals surface area contributed by atoms with Crippen LogP contribution in [0.15, 0.2) is 48.5 Å². The van der Waals surface area contributed by atoms with E-state index >= 15 is 0 Å². The highest BCUT2D eigenvalue weighted by atomic mass is 16.1. The van der Waals surface area contributed by atoms with Crippen molar-refractivity contribution in [2.45, 2.75) is 6.42 Å². The summed E-state index contributed by atoms with van der Waals surface area (Å²) in [5.41, 5.74) is 3.54. The maximum Gasteiger partial charge on any atom is 0.226 e. The van der Waals surface area contributed by atoms with Gasteiger partial charge in [0.1, 0.15) is 0 Å². The lowest BCUT2D eigenvalue weighted by atomic mass is 10.2. The summed E-state index contributed by atoms with van der Waals surface area (Å²) in [6.07, 6.45) is 0.375. The molecule has 2 aromatic rings. The van der Waals surface area contributed by atoms with Gasteiger partial charge in [-0.25, -0.2) is 0 Å². The molecule has 1 aliphatic rings. The Morgan fingerprint density at radius 2 is 1.63 bits per heavy atom. The molecule has 0 unspecified atom stereocenters. The first kappa shape index (κ1) is 18.7. The molecular formula is C21H25N5O. The third-order valence-corrected chi connectivity index (χ3v) is 4.71. The number of likely N-dealkylation sites (N-methyl/N-ethyl adjacent to an activating group) is 1. The van der Waals surface area contributed by atoms with Gasteiger partial charge in [0.05, 0.1) is 11.6 Å². The van der Waals surface area contributed by atoms with Gasteiger partial charge in [-0.05, 0) is 55.6 Å². The minimum absolute atomic E-state index is 0.0544. The van der Waals surface area contributed by atoms with Gasteiger partial charge in [-0.2, -0.15) is 5.26 Å². The molecule has 0 aliphatic carbocycles. The normalized spacial score (nSPS) is 14.4. The zero-order valence-electron chi connectivity index (χ0n) is 15.6. The third-order valence-electron chi connectivity index (χ3n) is 4.71. The van der Waals surface area contributed by atoms with Crippen LogP contribution in [0.3, 0.4) is 0 Å². The molecule has 2 aromatic carbocycles. The van der Waals surface area contributed by atoms with Crippen LogP contribution in [0.4, 0.5) is 17.1 Å². The smallest absolute Gasteiger partial charge is 0.226 e. The molecule has 1 fully saturated rings. The second kappa shape index (κ2) is 9.06. The monoisotopic (exact) mass is 363 g/mol. The van der Waals surface area contributed by atoms with Gasteiger partial charge in [-0.15, -0.1) is 0 Å². The van der Waals surface area contributed by atoms with Gasteiger partial charge in [-0.1, -0.05) is 0 Å². The van der Waals surface area contributed by atoms with Crippen LogP contribution < -0.4 is 15.5 Å². The fourth-order valence-electron chi connectivity index (χ4n) is 3.03. The van der Waals surface area contributed by atoms with Crippen LogP contribution in [-0.2, 0) is 4.79 Å². The van der Waals surface area contributed by atoms with Crippen molar-refractivity contribution in [2.75, 3.05) is 55.3 Å². The number of nitrogens with one attached hydrogen (secondary N) is 2. The van der Waals surface area contributed by atoms with Crippen LogP contribution in [0.5, 0.6) is 0 Å². The number of anilines is 3. The Bertz CT molecular complexity index is 787. The number of nitriles is 1. The van der Waals surface area contributed by atoms with Crippen molar-refractivity contribution in [3.63, 3.8) is 0 Å². The molecule has 1 aliphatic heterocycles. The third kappa shape index (κ3) is 5.47. The molecule has 0 radical (unpaired) electrons. The molecule has 6 heteroatoms. The molecule has 140 valence electrons. The number of hydrogen-bond acceptors (Lipinski definition) is 5. The van der Waals surface area contributed by atoms with E-state index in [4.69, 9.17) is 5.26 Å². The second-order valence-corrected chi connectivity index (χ2v) is 6.75. The zero-order valence-corrected chi connectivity index (χ0v) is 15.6. The SMILES string of the molecule is CN1CCN(c2ccc(NCCC(=O)Nc3ccc(C#N)cc3)cc2)CC1. The lowest BCUT2D eigenvalue weighted by molar-refractivity contribution is -0.115. The molecular weight excluding hydrogens is 338 g/mol. The van der Waals surface area contributed by atoms with Crippen molar-refractivity contribution in [3.05, 3.63) is 54.1 Å². The topological polar surface area (TPSA) is 71.4 Å². The quantitative estimate of drug-likeness (QED) is 0.826. The molecule has 1 saturated heterocycles. The Kier molecular flexibility index (Phi) is 6.29. The van der Waals surface area contributed by atoms with Crippen LogP contribution in [0, 0.1) is 11.3 Å². The molecule has 0 aromatic heterocycles. The lowest BCUT2D eigenvalue weighted by Gasteiger charge is -2.34. The lowest BCUT2D eigenvalue weighted by Crippen LogP contribution is -2.44. The zero-order chi connectivity index (χ0) is 19.1. The number of hydrogen-bond donors (Lipinski definition) is 2. The molecule has 0 saturated carbocycles. The molecule has 1 amide bonds. The van der Waals surface area contributed by atoms with E-state index < -0.39 is 0 Å². The van der Waals surface area contributed by atoms with E-state index in [9.17, 15) is 4.79 Å². The summed E-state index contributed by atoms with van der Waals surface area (Å²) in [7, 11) is 2.15. The average molecular weight is 363 g/mol. The van der Waals surface area contributed by atoms with E-state index in [2.05, 4.69) is 57.8 Å². The van der Waals surface area contributed by atoms with E-state index in [1.54, 1.807) is 24.3 Å². The Hall–Kier alpha value is -3.04. The molecule has 1 heterocycles. The number of carbonyl (C=O) groups excluding carboxylic acids is 1. The van der Waals surface area contributed by atoms with E-state index in [-0.39, 0.29) is 5.91 Å². The fraction of sp³-hybridized carbons (Fsp3) is 0.333. The van der Waals surface area contributed by atoms with Crippen molar-refractivity contribution in [1.82, 2.24) is 4.90 Å². The number of piperazine rings is 1. The second-order valence-electron chi connectivity index (χ2n) is 6.75. The minimum Gasteiger partial charge on any atom is -0.385 e. The molecule has 27 heavy (non-hydrogen) atoms. The largest absolute Gasteiger partial charge is 0.385 e. The number of carbonyl (C=O) groups is 1. The first-order chi connectivity index (χ1) is 13.1. The van der Waals surface area contributed by atoms with E-state index in [1.165, 1.54) is 5.69 Å². The molecule has 3 rings (SSSR count). The minimum atomic E-state index is -0.0544. The molecule has 0 atom stereocenters. The highest BCUT2D eigenvalue weighted by Gasteiger charge is 2.13. The van der Waals surface area contributed by atoms with E-state index in [1.807, 2.05) is 0 Å². The predicted octanol–water partition coefficient (Wildman–Crippen LogP) is 2.75. The van der Waals surface area contributed by atoms with E-state index in [0.29, 0.717) is 24.2 Å². The van der Waals surface area contributed by atoms with Crippen LogP contribution >= 0.6 is 0 Å². The van der Waals surface area contributed by atoms with Gasteiger partial charge < -0.3 is 20.4 Å². The van der Waals surface area contributed by atoms with Crippen molar-refractivity contribution >= 4 is 23.0 Å². The summed E-state index contributed by atoms with van der Waals surface area (Å²) in [6.45, 7) is 4.86. The summed E-state index contributed by atoms with van der Waals surface area (Å²) in [6, 6.07) is 17.3. The van der Waals surface area contributed by atoms with Gasteiger partial charge in [0.2, 0.25) is 5.91 Å². The van der Waals surface area contributed by atoms with Crippen LogP contribution in [-0.4, -0.2) is 50.6 Å². The van der Waals surface area contributed by atoms with E-state index in [0.717, 1.165) is 31.9 Å². The Morgan fingerprint density at radius 3 is 2.26 bits per heavy atom. The summed E-state index contributed by atoms with van der Waals surface area (Å²) >= 11 is 0. The van der Waals surface area contributed by atoms with Gasteiger partial charge >= 0.3 is 0 Å². The van der Waals surface area contributed by atoms with Gasteiger partial charge in [-0.3, -0.25) is 4.79 Å².